The third-order valence-electron chi connectivity index (χ3n) is 4.10. The number of aryl methyl sites for hydroxylation is 1. The average molecular weight is 326 g/mol. The molecule has 0 spiro atoms. The first-order chi connectivity index (χ1) is 11.5. The maximum atomic E-state index is 12.5. The molecule has 2 atom stereocenters. The number of rotatable bonds is 7. The van der Waals surface area contributed by atoms with Gasteiger partial charge in [0.2, 0.25) is 5.91 Å². The number of ether oxygens (including phenoxy) is 1. The van der Waals surface area contributed by atoms with E-state index in [1.807, 2.05) is 31.2 Å². The highest BCUT2D eigenvalue weighted by Crippen LogP contribution is 2.23. The summed E-state index contributed by atoms with van der Waals surface area (Å²) in [6, 6.07) is 15.7. The summed E-state index contributed by atoms with van der Waals surface area (Å²) >= 11 is 0. The quantitative estimate of drug-likeness (QED) is 0.806. The molecule has 4 nitrogen and oxygen atoms in total. The van der Waals surface area contributed by atoms with Crippen molar-refractivity contribution >= 4 is 11.6 Å². The molecule has 2 rings (SSSR count). The van der Waals surface area contributed by atoms with Crippen molar-refractivity contribution in [2.75, 3.05) is 12.4 Å². The minimum atomic E-state index is -0.318. The molecule has 1 amide bonds. The molecule has 0 fully saturated rings. The van der Waals surface area contributed by atoms with E-state index in [2.05, 4.69) is 48.7 Å². The Labute approximate surface area is 144 Å². The first-order valence-electron chi connectivity index (χ1n) is 8.31. The molecule has 128 valence electrons. The zero-order valence-electron chi connectivity index (χ0n) is 14.8. The van der Waals surface area contributed by atoms with Gasteiger partial charge >= 0.3 is 0 Å². The zero-order valence-corrected chi connectivity index (χ0v) is 14.8. The van der Waals surface area contributed by atoms with E-state index in [0.717, 1.165) is 6.42 Å². The van der Waals surface area contributed by atoms with E-state index in [0.29, 0.717) is 11.4 Å². The summed E-state index contributed by atoms with van der Waals surface area (Å²) in [6.07, 6.45) is 0.912. The van der Waals surface area contributed by atoms with Crippen molar-refractivity contribution < 1.29 is 9.53 Å². The van der Waals surface area contributed by atoms with Crippen LogP contribution in [0.1, 0.15) is 37.4 Å². The van der Waals surface area contributed by atoms with Gasteiger partial charge in [0, 0.05) is 6.04 Å². The molecule has 0 unspecified atom stereocenters. The van der Waals surface area contributed by atoms with Crippen molar-refractivity contribution in [1.29, 1.82) is 0 Å². The molecular weight excluding hydrogens is 300 g/mol. The summed E-state index contributed by atoms with van der Waals surface area (Å²) in [6.45, 7) is 6.06. The second-order valence-corrected chi connectivity index (χ2v) is 5.95. The SMILES string of the molecule is CC[C@H](N[C@H](C)C(=O)Nc1ccccc1OC)c1ccc(C)cc1. The van der Waals surface area contributed by atoms with Crippen LogP contribution in [0.2, 0.25) is 0 Å². The van der Waals surface area contributed by atoms with Crippen LogP contribution in [-0.4, -0.2) is 19.1 Å². The molecule has 0 radical (unpaired) electrons. The van der Waals surface area contributed by atoms with Gasteiger partial charge in [-0.25, -0.2) is 0 Å². The van der Waals surface area contributed by atoms with Crippen LogP contribution in [0.3, 0.4) is 0 Å². The number of para-hydroxylation sites is 2. The molecule has 0 aliphatic heterocycles. The summed E-state index contributed by atoms with van der Waals surface area (Å²) in [7, 11) is 1.59. The number of carbonyl (C=O) groups is 1. The molecule has 0 aliphatic carbocycles. The number of benzene rings is 2. The van der Waals surface area contributed by atoms with E-state index in [1.54, 1.807) is 7.11 Å². The van der Waals surface area contributed by atoms with Crippen molar-refractivity contribution in [1.82, 2.24) is 5.32 Å². The Morgan fingerprint density at radius 3 is 2.42 bits per heavy atom. The number of anilines is 1. The van der Waals surface area contributed by atoms with Crippen molar-refractivity contribution in [2.45, 2.75) is 39.3 Å². The van der Waals surface area contributed by atoms with Crippen molar-refractivity contribution in [2.24, 2.45) is 0 Å². The van der Waals surface area contributed by atoms with Crippen LogP contribution in [0.15, 0.2) is 48.5 Å². The smallest absolute Gasteiger partial charge is 0.241 e. The molecule has 2 aromatic carbocycles. The molecular formula is C20H26N2O2. The predicted molar refractivity (Wildman–Crippen MR) is 98.4 cm³/mol. The fourth-order valence-electron chi connectivity index (χ4n) is 2.61. The number of amides is 1. The highest BCUT2D eigenvalue weighted by Gasteiger charge is 2.19. The predicted octanol–water partition coefficient (Wildman–Crippen LogP) is 4.07. The second kappa shape index (κ2) is 8.50. The Morgan fingerprint density at radius 1 is 1.12 bits per heavy atom. The van der Waals surface area contributed by atoms with E-state index < -0.39 is 0 Å². The van der Waals surface area contributed by atoms with Gasteiger partial charge in [0.1, 0.15) is 5.75 Å². The van der Waals surface area contributed by atoms with Gasteiger partial charge in [0.25, 0.3) is 0 Å². The van der Waals surface area contributed by atoms with Crippen molar-refractivity contribution in [3.05, 3.63) is 59.7 Å². The zero-order chi connectivity index (χ0) is 17.5. The number of hydrogen-bond donors (Lipinski definition) is 2. The molecule has 0 aliphatic rings. The third-order valence-corrected chi connectivity index (χ3v) is 4.10. The summed E-state index contributed by atoms with van der Waals surface area (Å²) in [4.78, 5) is 12.5. The van der Waals surface area contributed by atoms with E-state index in [1.165, 1.54) is 11.1 Å². The van der Waals surface area contributed by atoms with Gasteiger partial charge in [-0.05, 0) is 38.0 Å². The minimum Gasteiger partial charge on any atom is -0.495 e. The summed E-state index contributed by atoms with van der Waals surface area (Å²) in [5.74, 6) is 0.577. The third kappa shape index (κ3) is 4.59. The Kier molecular flexibility index (Phi) is 6.38. The van der Waals surface area contributed by atoms with Crippen molar-refractivity contribution in [3.8, 4) is 5.75 Å². The Morgan fingerprint density at radius 2 is 1.79 bits per heavy atom. The Balaban J connectivity index is 2.03. The van der Waals surface area contributed by atoms with Gasteiger partial charge in [-0.2, -0.15) is 0 Å². The maximum absolute atomic E-state index is 12.5. The number of hydrogen-bond acceptors (Lipinski definition) is 3. The van der Waals surface area contributed by atoms with Gasteiger partial charge < -0.3 is 10.1 Å². The molecule has 0 saturated heterocycles. The van der Waals surface area contributed by atoms with Crippen LogP contribution in [0.4, 0.5) is 5.69 Å². The van der Waals surface area contributed by atoms with Gasteiger partial charge in [-0.3, -0.25) is 10.1 Å². The average Bonchev–Trinajstić information content (AvgIpc) is 2.60. The van der Waals surface area contributed by atoms with Crippen LogP contribution in [0, 0.1) is 6.92 Å². The summed E-state index contributed by atoms with van der Waals surface area (Å²) in [5, 5.41) is 6.33. The van der Waals surface area contributed by atoms with Gasteiger partial charge in [-0.1, -0.05) is 48.9 Å². The van der Waals surface area contributed by atoms with E-state index >= 15 is 0 Å². The molecule has 0 aromatic heterocycles. The van der Waals surface area contributed by atoms with Crippen LogP contribution >= 0.6 is 0 Å². The minimum absolute atomic E-state index is 0.0786. The molecule has 4 heteroatoms. The van der Waals surface area contributed by atoms with Crippen LogP contribution in [0.5, 0.6) is 5.75 Å². The number of nitrogens with one attached hydrogen (secondary N) is 2. The fourth-order valence-corrected chi connectivity index (χ4v) is 2.61. The summed E-state index contributed by atoms with van der Waals surface area (Å²) in [5.41, 5.74) is 3.11. The highest BCUT2D eigenvalue weighted by molar-refractivity contribution is 5.95. The van der Waals surface area contributed by atoms with Crippen LogP contribution in [0.25, 0.3) is 0 Å². The van der Waals surface area contributed by atoms with Crippen LogP contribution in [-0.2, 0) is 4.79 Å². The maximum Gasteiger partial charge on any atom is 0.241 e. The van der Waals surface area contributed by atoms with Gasteiger partial charge in [-0.15, -0.1) is 0 Å². The lowest BCUT2D eigenvalue weighted by atomic mass is 10.0. The molecule has 0 bridgehead atoms. The normalized spacial score (nSPS) is 13.2. The Hall–Kier alpha value is -2.33. The van der Waals surface area contributed by atoms with Crippen molar-refractivity contribution in [3.63, 3.8) is 0 Å². The molecule has 0 saturated carbocycles. The molecule has 0 heterocycles. The highest BCUT2D eigenvalue weighted by atomic mass is 16.5. The lowest BCUT2D eigenvalue weighted by Crippen LogP contribution is -2.40. The monoisotopic (exact) mass is 326 g/mol. The van der Waals surface area contributed by atoms with Gasteiger partial charge in [0.15, 0.2) is 0 Å². The lowest BCUT2D eigenvalue weighted by Gasteiger charge is -2.22. The largest absolute Gasteiger partial charge is 0.495 e. The first-order valence-corrected chi connectivity index (χ1v) is 8.31. The molecule has 24 heavy (non-hydrogen) atoms. The summed E-state index contributed by atoms with van der Waals surface area (Å²) < 4.78 is 5.27. The van der Waals surface area contributed by atoms with Crippen LogP contribution < -0.4 is 15.4 Å². The topological polar surface area (TPSA) is 50.4 Å². The van der Waals surface area contributed by atoms with E-state index in [-0.39, 0.29) is 18.0 Å². The Bertz CT molecular complexity index is 668. The van der Waals surface area contributed by atoms with E-state index in [9.17, 15) is 4.79 Å². The number of carbonyl (C=O) groups excluding carboxylic acids is 1. The standard InChI is InChI=1S/C20H26N2O2/c1-5-17(16-12-10-14(2)11-13-16)21-15(3)20(23)22-18-8-6-7-9-19(18)24-4/h6-13,15,17,21H,5H2,1-4H3,(H,22,23)/t15-,17+/m1/s1. The van der Waals surface area contributed by atoms with Gasteiger partial charge in [0.05, 0.1) is 18.8 Å². The second-order valence-electron chi connectivity index (χ2n) is 5.95. The molecule has 2 aromatic rings. The fraction of sp³-hybridized carbons (Fsp3) is 0.350. The van der Waals surface area contributed by atoms with E-state index in [4.69, 9.17) is 4.74 Å². The molecule has 2 N–H and O–H groups in total. The lowest BCUT2D eigenvalue weighted by molar-refractivity contribution is -0.118. The first kappa shape index (κ1) is 18.0. The number of methoxy groups -OCH3 is 1.